The SMILES string of the molecule is CSc1ccc([N+](=O)[O-])c(C(=O)N2CCC(CNC(C)=O)CC2)c1. The number of rotatable bonds is 5. The molecule has 130 valence electrons. The average Bonchev–Trinajstić information content (AvgIpc) is 2.59. The number of thioether (sulfide) groups is 1. The smallest absolute Gasteiger partial charge is 0.282 e. The van der Waals surface area contributed by atoms with Crippen LogP contribution in [-0.4, -0.2) is 47.5 Å². The first-order chi connectivity index (χ1) is 11.4. The lowest BCUT2D eigenvalue weighted by molar-refractivity contribution is -0.385. The molecule has 1 aromatic rings. The van der Waals surface area contributed by atoms with E-state index in [-0.39, 0.29) is 23.1 Å². The maximum absolute atomic E-state index is 12.7. The molecule has 1 aliphatic rings. The first-order valence-corrected chi connectivity index (χ1v) is 9.01. The number of carbonyl (C=O) groups is 2. The van der Waals surface area contributed by atoms with Gasteiger partial charge >= 0.3 is 0 Å². The Morgan fingerprint density at radius 2 is 2.04 bits per heavy atom. The summed E-state index contributed by atoms with van der Waals surface area (Å²) in [7, 11) is 0. The fourth-order valence-electron chi connectivity index (χ4n) is 2.77. The number of nitro groups is 1. The minimum absolute atomic E-state index is 0.0574. The lowest BCUT2D eigenvalue weighted by Crippen LogP contribution is -2.41. The van der Waals surface area contributed by atoms with Crippen LogP contribution in [0.5, 0.6) is 0 Å². The van der Waals surface area contributed by atoms with E-state index in [1.165, 1.54) is 24.8 Å². The lowest BCUT2D eigenvalue weighted by atomic mass is 9.96. The second-order valence-electron chi connectivity index (χ2n) is 5.81. The molecule has 0 unspecified atom stereocenters. The average molecular weight is 351 g/mol. The Labute approximate surface area is 144 Å². The number of piperidine rings is 1. The highest BCUT2D eigenvalue weighted by molar-refractivity contribution is 7.98. The van der Waals surface area contributed by atoms with E-state index >= 15 is 0 Å². The fraction of sp³-hybridized carbons (Fsp3) is 0.500. The predicted octanol–water partition coefficient (Wildman–Crippen LogP) is 2.31. The van der Waals surface area contributed by atoms with Gasteiger partial charge in [0.15, 0.2) is 0 Å². The maximum atomic E-state index is 12.7. The Balaban J connectivity index is 2.07. The van der Waals surface area contributed by atoms with Crippen molar-refractivity contribution in [2.75, 3.05) is 25.9 Å². The molecule has 0 atom stereocenters. The van der Waals surface area contributed by atoms with Gasteiger partial charge in [-0.1, -0.05) is 0 Å². The molecule has 1 saturated heterocycles. The molecule has 1 N–H and O–H groups in total. The molecule has 2 rings (SSSR count). The zero-order chi connectivity index (χ0) is 17.7. The molecule has 1 heterocycles. The van der Waals surface area contributed by atoms with Crippen LogP contribution in [0.25, 0.3) is 0 Å². The number of nitrogens with one attached hydrogen (secondary N) is 1. The molecule has 0 radical (unpaired) electrons. The van der Waals surface area contributed by atoms with Crippen LogP contribution in [-0.2, 0) is 4.79 Å². The standard InChI is InChI=1S/C16H21N3O4S/c1-11(20)17-10-12-5-7-18(8-6-12)16(21)14-9-13(24-2)3-4-15(14)19(22)23/h3-4,9,12H,5-8,10H2,1-2H3,(H,17,20). The van der Waals surface area contributed by atoms with Gasteiger partial charge in [0.2, 0.25) is 5.91 Å². The highest BCUT2D eigenvalue weighted by Crippen LogP contribution is 2.27. The largest absolute Gasteiger partial charge is 0.356 e. The van der Waals surface area contributed by atoms with Gasteiger partial charge in [-0.3, -0.25) is 19.7 Å². The minimum Gasteiger partial charge on any atom is -0.356 e. The van der Waals surface area contributed by atoms with Crippen LogP contribution < -0.4 is 5.32 Å². The third-order valence-electron chi connectivity index (χ3n) is 4.17. The number of hydrogen-bond acceptors (Lipinski definition) is 5. The Morgan fingerprint density at radius 1 is 1.38 bits per heavy atom. The van der Waals surface area contributed by atoms with E-state index in [1.807, 2.05) is 6.26 Å². The zero-order valence-corrected chi connectivity index (χ0v) is 14.6. The molecule has 7 nitrogen and oxygen atoms in total. The third kappa shape index (κ3) is 4.47. The molecule has 2 amide bonds. The molecule has 0 aromatic heterocycles. The second kappa shape index (κ2) is 8.14. The molecular weight excluding hydrogens is 330 g/mol. The molecule has 8 heteroatoms. The Kier molecular flexibility index (Phi) is 6.19. The molecule has 0 aliphatic carbocycles. The van der Waals surface area contributed by atoms with Crippen LogP contribution in [0.4, 0.5) is 5.69 Å². The number of amides is 2. The second-order valence-corrected chi connectivity index (χ2v) is 6.69. The van der Waals surface area contributed by atoms with E-state index in [0.29, 0.717) is 25.6 Å². The van der Waals surface area contributed by atoms with E-state index in [0.717, 1.165) is 17.7 Å². The van der Waals surface area contributed by atoms with Gasteiger partial charge in [-0.25, -0.2) is 0 Å². The van der Waals surface area contributed by atoms with Crippen molar-refractivity contribution in [1.29, 1.82) is 0 Å². The van der Waals surface area contributed by atoms with Crippen molar-refractivity contribution in [1.82, 2.24) is 10.2 Å². The molecule has 1 fully saturated rings. The normalized spacial score (nSPS) is 15.2. The highest BCUT2D eigenvalue weighted by Gasteiger charge is 2.28. The van der Waals surface area contributed by atoms with E-state index in [4.69, 9.17) is 0 Å². The summed E-state index contributed by atoms with van der Waals surface area (Å²) in [6.07, 6.45) is 3.42. The summed E-state index contributed by atoms with van der Waals surface area (Å²) in [5.74, 6) is -0.0148. The lowest BCUT2D eigenvalue weighted by Gasteiger charge is -2.32. The number of carbonyl (C=O) groups excluding carboxylic acids is 2. The zero-order valence-electron chi connectivity index (χ0n) is 13.8. The van der Waals surface area contributed by atoms with Gasteiger partial charge in [-0.15, -0.1) is 11.8 Å². The summed E-state index contributed by atoms with van der Waals surface area (Å²) in [5.41, 5.74) is -0.00895. The molecule has 0 spiro atoms. The number of benzene rings is 1. The monoisotopic (exact) mass is 351 g/mol. The van der Waals surface area contributed by atoms with Crippen molar-refractivity contribution >= 4 is 29.3 Å². The summed E-state index contributed by atoms with van der Waals surface area (Å²) >= 11 is 1.44. The summed E-state index contributed by atoms with van der Waals surface area (Å²) in [5, 5.41) is 14.0. The van der Waals surface area contributed by atoms with Crippen molar-refractivity contribution in [3.8, 4) is 0 Å². The van der Waals surface area contributed by atoms with Crippen LogP contribution in [0.15, 0.2) is 23.1 Å². The van der Waals surface area contributed by atoms with Crippen molar-refractivity contribution in [3.63, 3.8) is 0 Å². The summed E-state index contributed by atoms with van der Waals surface area (Å²) in [4.78, 5) is 36.8. The van der Waals surface area contributed by atoms with E-state index in [1.54, 1.807) is 17.0 Å². The Bertz CT molecular complexity index is 642. The molecule has 1 aliphatic heterocycles. The molecule has 0 bridgehead atoms. The Morgan fingerprint density at radius 3 is 2.58 bits per heavy atom. The highest BCUT2D eigenvalue weighted by atomic mass is 32.2. The van der Waals surface area contributed by atoms with Crippen molar-refractivity contribution in [3.05, 3.63) is 33.9 Å². The van der Waals surface area contributed by atoms with E-state index < -0.39 is 4.92 Å². The van der Waals surface area contributed by atoms with Crippen LogP contribution in [0.2, 0.25) is 0 Å². The molecule has 24 heavy (non-hydrogen) atoms. The Hall–Kier alpha value is -2.09. The minimum atomic E-state index is -0.513. The van der Waals surface area contributed by atoms with Gasteiger partial charge < -0.3 is 10.2 Å². The van der Waals surface area contributed by atoms with Crippen LogP contribution >= 0.6 is 11.8 Å². The fourth-order valence-corrected chi connectivity index (χ4v) is 3.21. The van der Waals surface area contributed by atoms with Gasteiger partial charge in [-0.05, 0) is 37.1 Å². The maximum Gasteiger partial charge on any atom is 0.282 e. The van der Waals surface area contributed by atoms with Gasteiger partial charge in [0, 0.05) is 37.5 Å². The number of nitrogens with zero attached hydrogens (tertiary/aromatic N) is 2. The summed E-state index contributed by atoms with van der Waals surface area (Å²) < 4.78 is 0. The van der Waals surface area contributed by atoms with Crippen molar-refractivity contribution in [2.24, 2.45) is 5.92 Å². The first kappa shape index (κ1) is 18.3. The summed E-state index contributed by atoms with van der Waals surface area (Å²) in [6, 6.07) is 4.64. The van der Waals surface area contributed by atoms with Crippen molar-refractivity contribution in [2.45, 2.75) is 24.7 Å². The van der Waals surface area contributed by atoms with Gasteiger partial charge in [0.1, 0.15) is 5.56 Å². The number of likely N-dealkylation sites (tertiary alicyclic amines) is 1. The summed E-state index contributed by atoms with van der Waals surface area (Å²) in [6.45, 7) is 3.18. The molecule has 0 saturated carbocycles. The molecule has 1 aromatic carbocycles. The molecular formula is C16H21N3O4S. The third-order valence-corrected chi connectivity index (χ3v) is 4.90. The van der Waals surface area contributed by atoms with Crippen molar-refractivity contribution < 1.29 is 14.5 Å². The van der Waals surface area contributed by atoms with Gasteiger partial charge in [0.05, 0.1) is 4.92 Å². The van der Waals surface area contributed by atoms with Crippen LogP contribution in [0.3, 0.4) is 0 Å². The predicted molar refractivity (Wildman–Crippen MR) is 92.2 cm³/mol. The van der Waals surface area contributed by atoms with Gasteiger partial charge in [0.25, 0.3) is 11.6 Å². The van der Waals surface area contributed by atoms with E-state index in [2.05, 4.69) is 5.32 Å². The first-order valence-electron chi connectivity index (χ1n) is 7.78. The van der Waals surface area contributed by atoms with E-state index in [9.17, 15) is 19.7 Å². The van der Waals surface area contributed by atoms with Crippen LogP contribution in [0.1, 0.15) is 30.1 Å². The number of nitro benzene ring substituents is 1. The quantitative estimate of drug-likeness (QED) is 0.499. The topological polar surface area (TPSA) is 92.6 Å². The number of hydrogen-bond donors (Lipinski definition) is 1. The van der Waals surface area contributed by atoms with Gasteiger partial charge in [-0.2, -0.15) is 0 Å². The van der Waals surface area contributed by atoms with Crippen LogP contribution in [0, 0.1) is 16.0 Å².